The second kappa shape index (κ2) is 7.32. The lowest BCUT2D eigenvalue weighted by Gasteiger charge is -2.04. The molecule has 0 saturated heterocycles. The fourth-order valence-corrected chi connectivity index (χ4v) is 0.882. The van der Waals surface area contributed by atoms with Gasteiger partial charge in [-0.25, -0.2) is 0 Å². The summed E-state index contributed by atoms with van der Waals surface area (Å²) in [5, 5.41) is 18.1. The molecule has 0 radical (unpaired) electrons. The van der Waals surface area contributed by atoms with Crippen LogP contribution in [0.5, 0.6) is 5.75 Å². The summed E-state index contributed by atoms with van der Waals surface area (Å²) in [7, 11) is 1.59. The second-order valence-corrected chi connectivity index (χ2v) is 2.83. The average Bonchev–Trinajstić information content (AvgIpc) is 2.27. The van der Waals surface area contributed by atoms with Crippen molar-refractivity contribution in [1.82, 2.24) is 0 Å². The van der Waals surface area contributed by atoms with Crippen LogP contribution in [0.3, 0.4) is 0 Å². The van der Waals surface area contributed by atoms with Crippen molar-refractivity contribution in [2.24, 2.45) is 0 Å². The maximum absolute atomic E-state index is 9.22. The van der Waals surface area contributed by atoms with Crippen LogP contribution >= 0.6 is 0 Å². The van der Waals surface area contributed by atoms with Crippen molar-refractivity contribution in [2.75, 3.05) is 7.11 Å². The van der Waals surface area contributed by atoms with E-state index in [9.17, 15) is 5.11 Å². The van der Waals surface area contributed by atoms with Gasteiger partial charge < -0.3 is 19.7 Å². The third-order valence-corrected chi connectivity index (χ3v) is 1.59. The van der Waals surface area contributed by atoms with Crippen LogP contribution in [0.25, 0.3) is 0 Å². The molecule has 1 N–H and O–H groups in total. The van der Waals surface area contributed by atoms with Crippen LogP contribution in [0.4, 0.5) is 0 Å². The van der Waals surface area contributed by atoms with Gasteiger partial charge in [0.2, 0.25) is 0 Å². The van der Waals surface area contributed by atoms with E-state index in [0.717, 1.165) is 12.7 Å². The number of aliphatic carboxylic acids is 1. The van der Waals surface area contributed by atoms with E-state index in [-0.39, 0.29) is 0 Å². The van der Waals surface area contributed by atoms with Gasteiger partial charge in [0, 0.05) is 5.97 Å². The Morgan fingerprint density at radius 1 is 1.50 bits per heavy atom. The highest BCUT2D eigenvalue weighted by molar-refractivity contribution is 5.60. The van der Waals surface area contributed by atoms with Gasteiger partial charge in [0.1, 0.15) is 11.9 Å². The van der Waals surface area contributed by atoms with E-state index < -0.39 is 12.1 Å². The third kappa shape index (κ3) is 5.68. The molecule has 1 unspecified atom stereocenters. The van der Waals surface area contributed by atoms with Crippen molar-refractivity contribution in [3.8, 4) is 18.1 Å². The van der Waals surface area contributed by atoms with E-state index in [4.69, 9.17) is 21.1 Å². The van der Waals surface area contributed by atoms with Gasteiger partial charge >= 0.3 is 0 Å². The Bertz CT molecular complexity index is 358. The van der Waals surface area contributed by atoms with Gasteiger partial charge in [-0.2, -0.15) is 0 Å². The lowest BCUT2D eigenvalue weighted by molar-refractivity contribution is -0.302. The van der Waals surface area contributed by atoms with Crippen LogP contribution in [0, 0.1) is 12.3 Å². The Morgan fingerprint density at radius 3 is 2.25 bits per heavy atom. The number of benzene rings is 1. The van der Waals surface area contributed by atoms with Crippen LogP contribution in [0.15, 0.2) is 24.3 Å². The summed E-state index contributed by atoms with van der Waals surface area (Å²) in [4.78, 5) is 8.89. The van der Waals surface area contributed by atoms with Crippen molar-refractivity contribution in [2.45, 2.75) is 13.0 Å². The molecule has 0 fully saturated rings. The summed E-state index contributed by atoms with van der Waals surface area (Å²) in [5.41, 5.74) is 0.707. The molecule has 0 amide bonds. The van der Waals surface area contributed by atoms with E-state index in [1.54, 1.807) is 31.4 Å². The maximum atomic E-state index is 9.22. The highest BCUT2D eigenvalue weighted by Crippen LogP contribution is 2.16. The van der Waals surface area contributed by atoms with Crippen molar-refractivity contribution in [3.05, 3.63) is 29.8 Å². The minimum absolute atomic E-state index is 0.707. The molecule has 0 aliphatic heterocycles. The maximum Gasteiger partial charge on any atom is 0.139 e. The van der Waals surface area contributed by atoms with Gasteiger partial charge in [0.15, 0.2) is 0 Å². The number of carbonyl (C=O) groups is 1. The average molecular weight is 221 g/mol. The molecule has 1 aromatic rings. The number of carboxylic acid groups (broad SMARTS) is 1. The van der Waals surface area contributed by atoms with Crippen LogP contribution in [0.2, 0.25) is 0 Å². The van der Waals surface area contributed by atoms with E-state index in [1.807, 2.05) is 0 Å². The van der Waals surface area contributed by atoms with E-state index >= 15 is 0 Å². The molecular formula is C12H13O4-. The zero-order valence-corrected chi connectivity index (χ0v) is 9.14. The number of ether oxygens (including phenoxy) is 1. The SMILES string of the molecule is C#CC(O)c1ccc(OC)cc1.CC(=O)[O-]. The molecular weight excluding hydrogens is 208 g/mol. The summed E-state index contributed by atoms with van der Waals surface area (Å²) in [6.07, 6.45) is 4.22. The number of hydrogen-bond donors (Lipinski definition) is 1. The predicted octanol–water partition coefficient (Wildman–Crippen LogP) is 0.118. The van der Waals surface area contributed by atoms with Crippen LogP contribution in [-0.4, -0.2) is 18.2 Å². The van der Waals surface area contributed by atoms with Crippen molar-refractivity contribution in [3.63, 3.8) is 0 Å². The molecule has 4 nitrogen and oxygen atoms in total. The fraction of sp³-hybridized carbons (Fsp3) is 0.250. The first kappa shape index (κ1) is 14.0. The molecule has 0 aliphatic carbocycles. The number of terminal acetylenes is 1. The third-order valence-electron chi connectivity index (χ3n) is 1.59. The lowest BCUT2D eigenvalue weighted by Crippen LogP contribution is -2.16. The Kier molecular flexibility index (Phi) is 6.41. The molecule has 86 valence electrons. The van der Waals surface area contributed by atoms with Gasteiger partial charge in [-0.05, 0) is 24.6 Å². The first-order valence-electron chi connectivity index (χ1n) is 4.47. The molecule has 0 spiro atoms. The number of aliphatic hydroxyl groups excluding tert-OH is 1. The number of carbonyl (C=O) groups excluding carboxylic acids is 1. The van der Waals surface area contributed by atoms with E-state index in [2.05, 4.69) is 5.92 Å². The Morgan fingerprint density at radius 2 is 1.94 bits per heavy atom. The van der Waals surface area contributed by atoms with Gasteiger partial charge in [0.25, 0.3) is 0 Å². The highest BCUT2D eigenvalue weighted by Gasteiger charge is 2.01. The number of hydrogen-bond acceptors (Lipinski definition) is 4. The van der Waals surface area contributed by atoms with Crippen molar-refractivity contribution in [1.29, 1.82) is 0 Å². The largest absolute Gasteiger partial charge is 0.550 e. The summed E-state index contributed by atoms with van der Waals surface area (Å²) in [5.74, 6) is 1.90. The monoisotopic (exact) mass is 221 g/mol. The highest BCUT2D eigenvalue weighted by atomic mass is 16.5. The first-order valence-corrected chi connectivity index (χ1v) is 4.47. The molecule has 1 aromatic carbocycles. The predicted molar refractivity (Wildman–Crippen MR) is 57.5 cm³/mol. The second-order valence-electron chi connectivity index (χ2n) is 2.83. The smallest absolute Gasteiger partial charge is 0.139 e. The van der Waals surface area contributed by atoms with Gasteiger partial charge in [0.05, 0.1) is 7.11 Å². The van der Waals surface area contributed by atoms with Gasteiger partial charge in [-0.15, -0.1) is 6.42 Å². The number of aliphatic hydroxyl groups is 1. The van der Waals surface area contributed by atoms with Gasteiger partial charge in [-0.1, -0.05) is 18.1 Å². The summed E-state index contributed by atoms with van der Waals surface area (Å²) >= 11 is 0. The van der Waals surface area contributed by atoms with Crippen LogP contribution < -0.4 is 9.84 Å². The van der Waals surface area contributed by atoms with Gasteiger partial charge in [-0.3, -0.25) is 0 Å². The molecule has 0 aliphatic rings. The molecule has 1 atom stereocenters. The summed E-state index contributed by atoms with van der Waals surface area (Å²) < 4.78 is 4.95. The fourth-order valence-electron chi connectivity index (χ4n) is 0.882. The molecule has 1 rings (SSSR count). The summed E-state index contributed by atoms with van der Waals surface area (Å²) in [6, 6.07) is 7.00. The molecule has 16 heavy (non-hydrogen) atoms. The minimum atomic E-state index is -1.08. The summed E-state index contributed by atoms with van der Waals surface area (Å²) in [6.45, 7) is 0.972. The standard InChI is InChI=1S/C10H10O2.C2H4O2/c1-3-10(11)8-4-6-9(12-2)7-5-8;1-2(3)4/h1,4-7,10-11H,2H3;1H3,(H,3,4)/p-1. The van der Waals surface area contributed by atoms with Crippen LogP contribution in [0.1, 0.15) is 18.6 Å². The lowest BCUT2D eigenvalue weighted by atomic mass is 10.1. The minimum Gasteiger partial charge on any atom is -0.550 e. The molecule has 4 heteroatoms. The van der Waals surface area contributed by atoms with Crippen LogP contribution in [-0.2, 0) is 4.79 Å². The Hall–Kier alpha value is -1.99. The molecule has 0 bridgehead atoms. The van der Waals surface area contributed by atoms with E-state index in [0.29, 0.717) is 5.56 Å². The van der Waals surface area contributed by atoms with Crippen molar-refractivity contribution < 1.29 is 19.7 Å². The number of carboxylic acids is 1. The zero-order valence-electron chi connectivity index (χ0n) is 9.14. The van der Waals surface area contributed by atoms with E-state index in [1.165, 1.54) is 0 Å². The molecule has 0 heterocycles. The first-order chi connectivity index (χ1) is 7.51. The zero-order chi connectivity index (χ0) is 12.6. The number of rotatable bonds is 2. The normalized spacial score (nSPS) is 10.4. The molecule has 0 saturated carbocycles. The molecule has 0 aromatic heterocycles. The quantitative estimate of drug-likeness (QED) is 0.720. The Balaban J connectivity index is 0.000000487. The topological polar surface area (TPSA) is 69.6 Å². The Labute approximate surface area is 94.5 Å². The number of methoxy groups -OCH3 is 1. The van der Waals surface area contributed by atoms with Crippen molar-refractivity contribution >= 4 is 5.97 Å².